The van der Waals surface area contributed by atoms with Gasteiger partial charge in [-0.15, -0.1) is 21.5 Å². The maximum Gasteiger partial charge on any atom is 0.192 e. The maximum absolute atomic E-state index is 5.80. The van der Waals surface area contributed by atoms with Crippen molar-refractivity contribution in [2.75, 3.05) is 25.6 Å². The zero-order chi connectivity index (χ0) is 21.8. The average Bonchev–Trinajstić information content (AvgIpc) is 3.38. The Morgan fingerprint density at radius 2 is 2.16 bits per heavy atom. The first-order chi connectivity index (χ1) is 15.0. The van der Waals surface area contributed by atoms with Crippen LogP contribution in [0.2, 0.25) is 0 Å². The number of guanidine groups is 1. The summed E-state index contributed by atoms with van der Waals surface area (Å²) in [6, 6.07) is 8.25. The van der Waals surface area contributed by atoms with E-state index in [0.717, 1.165) is 40.2 Å². The molecule has 9 nitrogen and oxygen atoms in total. The number of aliphatic imine (C=N–C) groups is 1. The molecule has 1 unspecified atom stereocenters. The minimum absolute atomic E-state index is 0.116. The molecule has 0 spiro atoms. The van der Waals surface area contributed by atoms with Crippen LogP contribution in [0.5, 0.6) is 5.75 Å². The highest BCUT2D eigenvalue weighted by molar-refractivity contribution is 7.13. The molecule has 164 valence electrons. The van der Waals surface area contributed by atoms with Gasteiger partial charge in [-0.25, -0.2) is 9.98 Å². The van der Waals surface area contributed by atoms with E-state index < -0.39 is 0 Å². The molecule has 0 bridgehead atoms. The Morgan fingerprint density at radius 3 is 2.90 bits per heavy atom. The second kappa shape index (κ2) is 9.34. The summed E-state index contributed by atoms with van der Waals surface area (Å²) in [5.41, 5.74) is 2.08. The highest BCUT2D eigenvalue weighted by Gasteiger charge is 2.22. The summed E-state index contributed by atoms with van der Waals surface area (Å²) in [5.74, 6) is 3.36. The summed E-state index contributed by atoms with van der Waals surface area (Å²) >= 11 is 1.62. The number of benzene rings is 1. The lowest BCUT2D eigenvalue weighted by molar-refractivity contribution is 0.261. The Hall–Kier alpha value is -3.14. The zero-order valence-corrected chi connectivity index (χ0v) is 19.1. The van der Waals surface area contributed by atoms with Crippen LogP contribution >= 0.6 is 11.3 Å². The van der Waals surface area contributed by atoms with Crippen molar-refractivity contribution in [3.8, 4) is 5.75 Å². The summed E-state index contributed by atoms with van der Waals surface area (Å²) in [5, 5.41) is 18.4. The van der Waals surface area contributed by atoms with Gasteiger partial charge in [-0.1, -0.05) is 18.2 Å². The van der Waals surface area contributed by atoms with E-state index in [0.29, 0.717) is 25.7 Å². The summed E-state index contributed by atoms with van der Waals surface area (Å²) in [4.78, 5) is 11.4. The smallest absolute Gasteiger partial charge is 0.192 e. The zero-order valence-electron chi connectivity index (χ0n) is 18.3. The van der Waals surface area contributed by atoms with Crippen molar-refractivity contribution in [1.82, 2.24) is 30.4 Å². The van der Waals surface area contributed by atoms with Gasteiger partial charge in [0.1, 0.15) is 11.6 Å². The first kappa shape index (κ1) is 21.1. The number of hydrogen-bond donors (Lipinski definition) is 2. The summed E-state index contributed by atoms with van der Waals surface area (Å²) in [6.07, 6.45) is 0.863. The van der Waals surface area contributed by atoms with Crippen molar-refractivity contribution in [3.63, 3.8) is 0 Å². The van der Waals surface area contributed by atoms with Gasteiger partial charge in [-0.05, 0) is 13.0 Å². The highest BCUT2D eigenvalue weighted by atomic mass is 32.1. The Bertz CT molecular complexity index is 1060. The van der Waals surface area contributed by atoms with Gasteiger partial charge < -0.3 is 24.8 Å². The van der Waals surface area contributed by atoms with Crippen molar-refractivity contribution in [2.24, 2.45) is 12.0 Å². The fourth-order valence-electron chi connectivity index (χ4n) is 3.31. The molecule has 0 aliphatic carbocycles. The molecule has 1 aromatic carbocycles. The van der Waals surface area contributed by atoms with Crippen LogP contribution in [0.1, 0.15) is 35.4 Å². The predicted molar refractivity (Wildman–Crippen MR) is 123 cm³/mol. The third-order valence-corrected chi connectivity index (χ3v) is 6.24. The number of thiazole rings is 1. The quantitative estimate of drug-likeness (QED) is 0.449. The number of aromatic nitrogens is 4. The molecule has 1 aliphatic rings. The van der Waals surface area contributed by atoms with E-state index in [1.165, 1.54) is 0 Å². The van der Waals surface area contributed by atoms with Gasteiger partial charge >= 0.3 is 0 Å². The monoisotopic (exact) mass is 440 g/mol. The fraction of sp³-hybridized carbons (Fsp3) is 0.429. The molecule has 3 aromatic rings. The van der Waals surface area contributed by atoms with Gasteiger partial charge in [0.05, 0.1) is 31.4 Å². The van der Waals surface area contributed by atoms with Gasteiger partial charge in [0.15, 0.2) is 16.9 Å². The van der Waals surface area contributed by atoms with Crippen LogP contribution in [-0.2, 0) is 20.1 Å². The second-order valence-electron chi connectivity index (χ2n) is 7.63. The number of para-hydroxylation sites is 1. The molecule has 3 heterocycles. The number of nitrogens with zero attached hydrogens (tertiary/aromatic N) is 6. The molecule has 0 saturated heterocycles. The third-order valence-electron chi connectivity index (χ3n) is 5.19. The molecule has 0 fully saturated rings. The molecule has 0 radical (unpaired) electrons. The van der Waals surface area contributed by atoms with E-state index in [1.807, 2.05) is 61.1 Å². The molecule has 4 rings (SSSR count). The Kier molecular flexibility index (Phi) is 6.36. The van der Waals surface area contributed by atoms with E-state index in [2.05, 4.69) is 31.9 Å². The second-order valence-corrected chi connectivity index (χ2v) is 8.47. The number of anilines is 1. The van der Waals surface area contributed by atoms with Crippen LogP contribution in [0.25, 0.3) is 0 Å². The lowest BCUT2D eigenvalue weighted by Gasteiger charge is -2.28. The molecule has 0 saturated carbocycles. The Labute approximate surface area is 186 Å². The standard InChI is InChI=1S/C21H28N8OS/c1-14-26-27-19(29(14)4)12-23-20(22-11-15-13-31-21(24-15)28(2)3)25-17-9-10-30-18-8-6-5-7-16(17)18/h5-8,13,17H,9-12H2,1-4H3,(H2,22,23,25). The molecule has 31 heavy (non-hydrogen) atoms. The van der Waals surface area contributed by atoms with E-state index in [4.69, 9.17) is 9.73 Å². The molecule has 2 aromatic heterocycles. The number of fused-ring (bicyclic) bond motifs is 1. The van der Waals surface area contributed by atoms with E-state index in [1.54, 1.807) is 11.3 Å². The molecule has 2 N–H and O–H groups in total. The fourth-order valence-corrected chi connectivity index (χ4v) is 4.06. The van der Waals surface area contributed by atoms with Crippen molar-refractivity contribution in [3.05, 3.63) is 52.6 Å². The lowest BCUT2D eigenvalue weighted by atomic mass is 10.0. The topological polar surface area (TPSA) is 92.5 Å². The maximum atomic E-state index is 5.80. The number of nitrogens with one attached hydrogen (secondary N) is 2. The first-order valence-corrected chi connectivity index (χ1v) is 11.1. The first-order valence-electron chi connectivity index (χ1n) is 10.2. The van der Waals surface area contributed by atoms with E-state index in [9.17, 15) is 0 Å². The molecule has 0 amide bonds. The van der Waals surface area contributed by atoms with Gasteiger partial charge in [0.2, 0.25) is 0 Å². The summed E-state index contributed by atoms with van der Waals surface area (Å²) in [7, 11) is 5.95. The average molecular weight is 441 g/mol. The third kappa shape index (κ3) is 4.96. The predicted octanol–water partition coefficient (Wildman–Crippen LogP) is 2.41. The number of ether oxygens (including phenoxy) is 1. The molecule has 1 aliphatic heterocycles. The molecule has 1 atom stereocenters. The van der Waals surface area contributed by atoms with Crippen molar-refractivity contribution >= 4 is 22.4 Å². The van der Waals surface area contributed by atoms with Crippen molar-refractivity contribution < 1.29 is 4.74 Å². The summed E-state index contributed by atoms with van der Waals surface area (Å²) in [6.45, 7) is 3.62. The highest BCUT2D eigenvalue weighted by Crippen LogP contribution is 2.31. The van der Waals surface area contributed by atoms with E-state index >= 15 is 0 Å². The van der Waals surface area contributed by atoms with Crippen LogP contribution in [-0.4, -0.2) is 46.4 Å². The van der Waals surface area contributed by atoms with Crippen LogP contribution in [0.4, 0.5) is 5.13 Å². The molecule has 10 heteroatoms. The van der Waals surface area contributed by atoms with Gasteiger partial charge in [-0.2, -0.15) is 0 Å². The van der Waals surface area contributed by atoms with Gasteiger partial charge in [0.25, 0.3) is 0 Å². The number of rotatable bonds is 6. The van der Waals surface area contributed by atoms with Crippen molar-refractivity contribution in [2.45, 2.75) is 32.5 Å². The van der Waals surface area contributed by atoms with Crippen molar-refractivity contribution in [1.29, 1.82) is 0 Å². The molecular weight excluding hydrogens is 412 g/mol. The van der Waals surface area contributed by atoms with Crippen LogP contribution in [0.3, 0.4) is 0 Å². The largest absolute Gasteiger partial charge is 0.493 e. The Balaban J connectivity index is 1.52. The van der Waals surface area contributed by atoms with Crippen LogP contribution in [0.15, 0.2) is 34.6 Å². The lowest BCUT2D eigenvalue weighted by Crippen LogP contribution is -2.41. The molecular formula is C21H28N8OS. The van der Waals surface area contributed by atoms with Gasteiger partial charge in [-0.3, -0.25) is 0 Å². The van der Waals surface area contributed by atoms with Crippen LogP contribution < -0.4 is 20.3 Å². The minimum atomic E-state index is 0.116. The SMILES string of the molecule is Cc1nnc(CNC(=NCc2csc(N(C)C)n2)NC2CCOc3ccccc32)n1C. The number of hydrogen-bond acceptors (Lipinski definition) is 7. The number of aryl methyl sites for hydroxylation is 1. The minimum Gasteiger partial charge on any atom is -0.493 e. The summed E-state index contributed by atoms with van der Waals surface area (Å²) < 4.78 is 7.77. The normalized spacial score (nSPS) is 15.9. The van der Waals surface area contributed by atoms with Gasteiger partial charge in [0, 0.05) is 38.5 Å². The van der Waals surface area contributed by atoms with Crippen LogP contribution in [0, 0.1) is 6.92 Å². The Morgan fingerprint density at radius 1 is 1.32 bits per heavy atom. The van der Waals surface area contributed by atoms with E-state index in [-0.39, 0.29) is 6.04 Å².